The third-order valence-electron chi connectivity index (χ3n) is 4.79. The molecule has 0 radical (unpaired) electrons. The zero-order valence-corrected chi connectivity index (χ0v) is 17.2. The molecule has 5 aromatic rings. The SMILES string of the molecule is O=c1[nH]c(CSc2nc3ccccc3n2CCc2ccccc2)nc2ccsc12. The first-order valence-corrected chi connectivity index (χ1v) is 11.2. The summed E-state index contributed by atoms with van der Waals surface area (Å²) in [6.07, 6.45) is 0.935. The molecule has 7 heteroatoms. The molecule has 0 spiro atoms. The van der Waals surface area contributed by atoms with Crippen LogP contribution in [0.1, 0.15) is 11.4 Å². The molecule has 1 N–H and O–H groups in total. The Balaban J connectivity index is 1.43. The predicted octanol–water partition coefficient (Wildman–Crippen LogP) is 4.87. The number of para-hydroxylation sites is 2. The van der Waals surface area contributed by atoms with Gasteiger partial charge in [-0.15, -0.1) is 11.3 Å². The van der Waals surface area contributed by atoms with Crippen LogP contribution in [-0.4, -0.2) is 19.5 Å². The molecule has 0 fully saturated rings. The molecule has 5 rings (SSSR count). The standard InChI is InChI=1S/C22H18N4OS2/c27-21-20-17(11-13-28-20)23-19(25-21)14-29-22-24-16-8-4-5-9-18(16)26(22)12-10-15-6-2-1-3-7-15/h1-9,11,13H,10,12,14H2,(H,23,25,27). The van der Waals surface area contributed by atoms with Crippen LogP contribution >= 0.6 is 23.1 Å². The van der Waals surface area contributed by atoms with Gasteiger partial charge in [-0.05, 0) is 35.6 Å². The number of nitrogens with zero attached hydrogens (tertiary/aromatic N) is 3. The lowest BCUT2D eigenvalue weighted by Gasteiger charge is -2.09. The van der Waals surface area contributed by atoms with E-state index >= 15 is 0 Å². The minimum Gasteiger partial charge on any atom is -0.319 e. The molecule has 0 aliphatic carbocycles. The summed E-state index contributed by atoms with van der Waals surface area (Å²) in [5.74, 6) is 1.24. The predicted molar refractivity (Wildman–Crippen MR) is 120 cm³/mol. The van der Waals surface area contributed by atoms with E-state index in [0.717, 1.165) is 34.7 Å². The van der Waals surface area contributed by atoms with Crippen molar-refractivity contribution < 1.29 is 0 Å². The number of hydrogen-bond acceptors (Lipinski definition) is 5. The second kappa shape index (κ2) is 7.85. The van der Waals surface area contributed by atoms with E-state index in [1.54, 1.807) is 11.8 Å². The molecule has 0 bridgehead atoms. The Morgan fingerprint density at radius 1 is 0.966 bits per heavy atom. The third kappa shape index (κ3) is 3.71. The number of benzene rings is 2. The quantitative estimate of drug-likeness (QED) is 0.400. The highest BCUT2D eigenvalue weighted by molar-refractivity contribution is 7.98. The first-order chi connectivity index (χ1) is 14.3. The maximum absolute atomic E-state index is 12.2. The van der Waals surface area contributed by atoms with Gasteiger partial charge in [0.15, 0.2) is 5.16 Å². The Bertz CT molecular complexity index is 1340. The second-order valence-corrected chi connectivity index (χ2v) is 8.57. The number of aromatic nitrogens is 4. The Labute approximate surface area is 175 Å². The summed E-state index contributed by atoms with van der Waals surface area (Å²) in [6.45, 7) is 0.848. The summed E-state index contributed by atoms with van der Waals surface area (Å²) in [5, 5.41) is 2.84. The molecule has 0 saturated carbocycles. The average molecular weight is 419 g/mol. The molecule has 29 heavy (non-hydrogen) atoms. The van der Waals surface area contributed by atoms with Crippen LogP contribution in [0.25, 0.3) is 21.3 Å². The summed E-state index contributed by atoms with van der Waals surface area (Å²) in [7, 11) is 0. The average Bonchev–Trinajstić information content (AvgIpc) is 3.36. The van der Waals surface area contributed by atoms with Gasteiger partial charge in [0.1, 0.15) is 10.5 Å². The Kier molecular flexibility index (Phi) is 4.91. The van der Waals surface area contributed by atoms with Gasteiger partial charge < -0.3 is 9.55 Å². The minimum absolute atomic E-state index is 0.0711. The summed E-state index contributed by atoms with van der Waals surface area (Å²) in [4.78, 5) is 24.5. The van der Waals surface area contributed by atoms with Crippen LogP contribution < -0.4 is 5.56 Å². The van der Waals surface area contributed by atoms with Crippen molar-refractivity contribution in [2.75, 3.05) is 0 Å². The first-order valence-electron chi connectivity index (χ1n) is 9.36. The topological polar surface area (TPSA) is 63.6 Å². The molecular weight excluding hydrogens is 400 g/mol. The van der Waals surface area contributed by atoms with Crippen LogP contribution in [0.4, 0.5) is 0 Å². The van der Waals surface area contributed by atoms with Crippen molar-refractivity contribution in [3.05, 3.63) is 87.8 Å². The van der Waals surface area contributed by atoms with Crippen molar-refractivity contribution in [2.45, 2.75) is 23.9 Å². The number of thioether (sulfide) groups is 1. The van der Waals surface area contributed by atoms with Crippen molar-refractivity contribution in [2.24, 2.45) is 0 Å². The van der Waals surface area contributed by atoms with Crippen LogP contribution in [0, 0.1) is 0 Å². The van der Waals surface area contributed by atoms with E-state index < -0.39 is 0 Å². The van der Waals surface area contributed by atoms with Crippen LogP contribution in [0.15, 0.2) is 76.0 Å². The fraction of sp³-hybridized carbons (Fsp3) is 0.136. The van der Waals surface area contributed by atoms with E-state index in [1.165, 1.54) is 16.9 Å². The van der Waals surface area contributed by atoms with E-state index in [2.05, 4.69) is 44.9 Å². The highest BCUT2D eigenvalue weighted by atomic mass is 32.2. The summed E-state index contributed by atoms with van der Waals surface area (Å²) in [5.41, 5.74) is 4.10. The lowest BCUT2D eigenvalue weighted by molar-refractivity contribution is 0.652. The van der Waals surface area contributed by atoms with Crippen molar-refractivity contribution in [1.29, 1.82) is 0 Å². The normalized spacial score (nSPS) is 11.4. The van der Waals surface area contributed by atoms with Gasteiger partial charge in [0.25, 0.3) is 5.56 Å². The number of nitrogens with one attached hydrogen (secondary N) is 1. The van der Waals surface area contributed by atoms with Crippen molar-refractivity contribution in [3.63, 3.8) is 0 Å². The van der Waals surface area contributed by atoms with Gasteiger partial charge in [-0.3, -0.25) is 4.79 Å². The Hall–Kier alpha value is -2.90. The molecule has 144 valence electrons. The van der Waals surface area contributed by atoms with Crippen LogP contribution in [0.5, 0.6) is 0 Å². The van der Waals surface area contributed by atoms with E-state index in [4.69, 9.17) is 4.98 Å². The monoisotopic (exact) mass is 418 g/mol. The zero-order chi connectivity index (χ0) is 19.6. The molecule has 3 heterocycles. The van der Waals surface area contributed by atoms with Crippen molar-refractivity contribution in [3.8, 4) is 0 Å². The van der Waals surface area contributed by atoms with E-state index in [-0.39, 0.29) is 5.56 Å². The van der Waals surface area contributed by atoms with Gasteiger partial charge in [0.2, 0.25) is 0 Å². The van der Waals surface area contributed by atoms with Crippen LogP contribution in [0.3, 0.4) is 0 Å². The lowest BCUT2D eigenvalue weighted by atomic mass is 10.1. The van der Waals surface area contributed by atoms with E-state index in [9.17, 15) is 4.79 Å². The number of H-pyrrole nitrogens is 1. The number of hydrogen-bond donors (Lipinski definition) is 1. The highest BCUT2D eigenvalue weighted by Gasteiger charge is 2.13. The molecule has 0 amide bonds. The van der Waals surface area contributed by atoms with Gasteiger partial charge in [-0.25, -0.2) is 9.97 Å². The van der Waals surface area contributed by atoms with Gasteiger partial charge in [-0.2, -0.15) is 0 Å². The minimum atomic E-state index is -0.0711. The summed E-state index contributed by atoms with van der Waals surface area (Å²) in [6, 6.07) is 20.6. The fourth-order valence-electron chi connectivity index (χ4n) is 3.39. The number of rotatable bonds is 6. The maximum atomic E-state index is 12.2. The van der Waals surface area contributed by atoms with Crippen LogP contribution in [-0.2, 0) is 18.7 Å². The number of thiophene rings is 1. The second-order valence-electron chi connectivity index (χ2n) is 6.71. The molecule has 0 saturated heterocycles. The van der Waals surface area contributed by atoms with E-state index in [0.29, 0.717) is 16.3 Å². The van der Waals surface area contributed by atoms with Gasteiger partial charge in [0, 0.05) is 6.54 Å². The lowest BCUT2D eigenvalue weighted by Crippen LogP contribution is -2.10. The molecular formula is C22H18N4OS2. The molecule has 0 aliphatic heterocycles. The highest BCUT2D eigenvalue weighted by Crippen LogP contribution is 2.27. The maximum Gasteiger partial charge on any atom is 0.268 e. The molecule has 2 aromatic carbocycles. The number of fused-ring (bicyclic) bond motifs is 2. The van der Waals surface area contributed by atoms with E-state index in [1.807, 2.05) is 35.7 Å². The Morgan fingerprint density at radius 3 is 2.69 bits per heavy atom. The number of imidazole rings is 1. The van der Waals surface area contributed by atoms with Gasteiger partial charge >= 0.3 is 0 Å². The molecule has 0 aliphatic rings. The zero-order valence-electron chi connectivity index (χ0n) is 15.5. The van der Waals surface area contributed by atoms with Gasteiger partial charge in [0.05, 0.1) is 22.3 Å². The van der Waals surface area contributed by atoms with Crippen LogP contribution in [0.2, 0.25) is 0 Å². The largest absolute Gasteiger partial charge is 0.319 e. The molecule has 3 aromatic heterocycles. The molecule has 5 nitrogen and oxygen atoms in total. The summed E-state index contributed by atoms with van der Waals surface area (Å²) < 4.78 is 2.93. The first kappa shape index (κ1) is 18.1. The third-order valence-corrected chi connectivity index (χ3v) is 6.68. The smallest absolute Gasteiger partial charge is 0.268 e. The molecule has 0 atom stereocenters. The molecule has 0 unspecified atom stereocenters. The number of aromatic amines is 1. The van der Waals surface area contributed by atoms with Crippen molar-refractivity contribution in [1.82, 2.24) is 19.5 Å². The Morgan fingerprint density at radius 2 is 1.79 bits per heavy atom. The van der Waals surface area contributed by atoms with Gasteiger partial charge in [-0.1, -0.05) is 54.2 Å². The van der Waals surface area contributed by atoms with Crippen molar-refractivity contribution >= 4 is 44.3 Å². The number of aryl methyl sites for hydroxylation is 2. The fourth-order valence-corrected chi connectivity index (χ4v) is 5.02. The summed E-state index contributed by atoms with van der Waals surface area (Å²) >= 11 is 3.02.